The zero-order valence-electron chi connectivity index (χ0n) is 28.9. The monoisotopic (exact) mass is 698 g/mol. The summed E-state index contributed by atoms with van der Waals surface area (Å²) in [7, 11) is -0.322. The van der Waals surface area contributed by atoms with Crippen LogP contribution in [0.4, 0.5) is 9.59 Å². The highest BCUT2D eigenvalue weighted by Gasteiger charge is 2.51. The molecule has 3 heterocycles. The van der Waals surface area contributed by atoms with Crippen molar-refractivity contribution >= 4 is 40.7 Å². The molecular formula is C36H52BBrN2O6. The molecule has 10 heteroatoms. The first kappa shape index (κ1) is 36.3. The fraction of sp³-hybridized carbons (Fsp3) is 0.611. The smallest absolute Gasteiger partial charge is 0.447 e. The first-order valence-corrected chi connectivity index (χ1v) is 17.6. The van der Waals surface area contributed by atoms with Crippen molar-refractivity contribution in [3.05, 3.63) is 64.1 Å². The number of amides is 2. The van der Waals surface area contributed by atoms with Crippen molar-refractivity contribution in [3.63, 3.8) is 0 Å². The van der Waals surface area contributed by atoms with Crippen molar-refractivity contribution in [3.8, 4) is 0 Å². The van der Waals surface area contributed by atoms with Crippen LogP contribution in [0.15, 0.2) is 53.0 Å². The summed E-state index contributed by atoms with van der Waals surface area (Å²) < 4.78 is 23.9. The number of benzene rings is 2. The van der Waals surface area contributed by atoms with Crippen LogP contribution in [0.25, 0.3) is 0 Å². The number of nitrogens with zero attached hydrogens (tertiary/aromatic N) is 2. The molecule has 3 saturated heterocycles. The van der Waals surface area contributed by atoms with E-state index < -0.39 is 0 Å². The number of ether oxygens (including phenoxy) is 2. The molecule has 252 valence electrons. The molecule has 3 fully saturated rings. The summed E-state index contributed by atoms with van der Waals surface area (Å²) in [6.45, 7) is 18.9. The van der Waals surface area contributed by atoms with E-state index in [1.807, 2.05) is 37.5 Å². The zero-order chi connectivity index (χ0) is 33.6. The molecule has 2 amide bonds. The zero-order valence-corrected chi connectivity index (χ0v) is 30.5. The first-order valence-electron chi connectivity index (χ1n) is 16.8. The minimum Gasteiger partial charge on any atom is -0.447 e. The van der Waals surface area contributed by atoms with E-state index in [0.29, 0.717) is 11.8 Å². The van der Waals surface area contributed by atoms with Crippen LogP contribution >= 0.6 is 15.9 Å². The average Bonchev–Trinajstić information content (AvgIpc) is 3.23. The van der Waals surface area contributed by atoms with Gasteiger partial charge in [-0.25, -0.2) is 9.59 Å². The minimum absolute atomic E-state index is 0.0447. The van der Waals surface area contributed by atoms with E-state index in [4.69, 9.17) is 18.8 Å². The van der Waals surface area contributed by atoms with Gasteiger partial charge in [0.05, 0.1) is 23.4 Å². The van der Waals surface area contributed by atoms with E-state index in [-0.39, 0.29) is 42.7 Å². The van der Waals surface area contributed by atoms with Crippen molar-refractivity contribution in [1.29, 1.82) is 0 Å². The van der Waals surface area contributed by atoms with E-state index in [1.54, 1.807) is 0 Å². The van der Waals surface area contributed by atoms with E-state index in [1.165, 1.54) is 11.1 Å². The summed E-state index contributed by atoms with van der Waals surface area (Å²) in [5.74, 6) is 1.02. The summed E-state index contributed by atoms with van der Waals surface area (Å²) >= 11 is 3.45. The highest BCUT2D eigenvalue weighted by Crippen LogP contribution is 2.37. The summed E-state index contributed by atoms with van der Waals surface area (Å²) in [6.07, 6.45) is 3.45. The molecule has 0 atom stereocenters. The summed E-state index contributed by atoms with van der Waals surface area (Å²) in [5.41, 5.74) is 3.07. The Bertz CT molecular complexity index is 1270. The van der Waals surface area contributed by atoms with E-state index >= 15 is 0 Å². The second-order valence-electron chi connectivity index (χ2n) is 14.2. The van der Waals surface area contributed by atoms with Crippen LogP contribution in [0.1, 0.15) is 104 Å². The van der Waals surface area contributed by atoms with Crippen LogP contribution in [0, 0.1) is 0 Å². The largest absolute Gasteiger partial charge is 0.494 e. The Balaban J connectivity index is 0.000000222. The second-order valence-corrected chi connectivity index (χ2v) is 15.1. The van der Waals surface area contributed by atoms with Crippen molar-refractivity contribution < 1.29 is 28.4 Å². The van der Waals surface area contributed by atoms with Crippen LogP contribution in [0.5, 0.6) is 0 Å². The first-order chi connectivity index (χ1) is 21.6. The Kier molecular flexibility index (Phi) is 12.3. The van der Waals surface area contributed by atoms with E-state index in [0.717, 1.165) is 61.8 Å². The van der Waals surface area contributed by atoms with Crippen LogP contribution in [-0.2, 0) is 18.8 Å². The van der Waals surface area contributed by atoms with Gasteiger partial charge in [-0.2, -0.15) is 0 Å². The standard InChI is InChI=1S/C21H32BNO4.C15H20BrNO2/c1-15(2)25-19(24)23-13-11-17(12-14-23)16-7-9-18(10-8-16)22-26-20(3,4)21(5,6)27-22;1-11(2)19-15(18)17-9-7-13(8-10-17)12-3-5-14(16)6-4-12/h7-10,15,17H,11-14H2,1-6H3;3-6,11,13H,7-10H2,1-2H3. The molecule has 0 unspecified atom stereocenters. The molecular weight excluding hydrogens is 647 g/mol. The predicted octanol–water partition coefficient (Wildman–Crippen LogP) is 7.88. The van der Waals surface area contributed by atoms with Crippen LogP contribution in [0.3, 0.4) is 0 Å². The van der Waals surface area contributed by atoms with Crippen LogP contribution < -0.4 is 5.46 Å². The molecule has 5 rings (SSSR count). The number of halogens is 1. The molecule has 0 spiro atoms. The molecule has 46 heavy (non-hydrogen) atoms. The van der Waals surface area contributed by atoms with E-state index in [9.17, 15) is 9.59 Å². The Hall–Kier alpha value is -2.56. The lowest BCUT2D eigenvalue weighted by Gasteiger charge is -2.32. The number of piperidine rings is 2. The average molecular weight is 700 g/mol. The molecule has 8 nitrogen and oxygen atoms in total. The maximum atomic E-state index is 12.0. The third kappa shape index (κ3) is 9.51. The molecule has 3 aliphatic heterocycles. The number of likely N-dealkylation sites (tertiary alicyclic amines) is 2. The summed E-state index contributed by atoms with van der Waals surface area (Å²) in [5, 5.41) is 0. The van der Waals surface area contributed by atoms with Crippen molar-refractivity contribution in [2.75, 3.05) is 26.2 Å². The Morgan fingerprint density at radius 3 is 1.39 bits per heavy atom. The van der Waals surface area contributed by atoms with Crippen molar-refractivity contribution in [1.82, 2.24) is 9.80 Å². The number of rotatable bonds is 5. The fourth-order valence-corrected chi connectivity index (χ4v) is 6.25. The second kappa shape index (κ2) is 15.6. The molecule has 2 aromatic rings. The van der Waals surface area contributed by atoms with Gasteiger partial charge < -0.3 is 28.6 Å². The van der Waals surface area contributed by atoms with Crippen LogP contribution in [-0.4, -0.2) is 78.7 Å². The lowest BCUT2D eigenvalue weighted by molar-refractivity contribution is 0.00578. The SMILES string of the molecule is CC(C)OC(=O)N1CCC(c2ccc(B3OC(C)(C)C(C)(C)O3)cc2)CC1.CC(C)OC(=O)N1CCC(c2ccc(Br)cc2)CC1. The number of carbonyl (C=O) groups excluding carboxylic acids is 2. The maximum Gasteiger partial charge on any atom is 0.494 e. The quantitative estimate of drug-likeness (QED) is 0.296. The van der Waals surface area contributed by atoms with Gasteiger partial charge in [0.2, 0.25) is 0 Å². The minimum atomic E-state index is -0.326. The third-order valence-electron chi connectivity index (χ3n) is 9.45. The van der Waals surface area contributed by atoms with E-state index in [2.05, 4.69) is 92.2 Å². The normalized spacial score (nSPS) is 20.0. The molecule has 0 aromatic heterocycles. The third-order valence-corrected chi connectivity index (χ3v) is 9.98. The molecule has 3 aliphatic rings. The fourth-order valence-electron chi connectivity index (χ4n) is 5.98. The van der Waals surface area contributed by atoms with Gasteiger partial charge in [-0.3, -0.25) is 0 Å². The van der Waals surface area contributed by atoms with Gasteiger partial charge in [0.1, 0.15) is 0 Å². The topological polar surface area (TPSA) is 77.5 Å². The molecule has 2 aromatic carbocycles. The van der Waals surface area contributed by atoms with Gasteiger partial charge in [0.25, 0.3) is 0 Å². The van der Waals surface area contributed by atoms with Gasteiger partial charge in [-0.15, -0.1) is 0 Å². The highest BCUT2D eigenvalue weighted by atomic mass is 79.9. The molecule has 0 saturated carbocycles. The lowest BCUT2D eigenvalue weighted by Crippen LogP contribution is -2.41. The highest BCUT2D eigenvalue weighted by molar-refractivity contribution is 9.10. The maximum absolute atomic E-state index is 12.0. The Morgan fingerprint density at radius 1 is 0.696 bits per heavy atom. The molecule has 0 aliphatic carbocycles. The van der Waals surface area contributed by atoms with Gasteiger partial charge in [0, 0.05) is 30.7 Å². The lowest BCUT2D eigenvalue weighted by atomic mass is 9.77. The van der Waals surface area contributed by atoms with Gasteiger partial charge >= 0.3 is 19.3 Å². The summed E-state index contributed by atoms with van der Waals surface area (Å²) in [6, 6.07) is 17.0. The van der Waals surface area contributed by atoms with Gasteiger partial charge in [0.15, 0.2) is 0 Å². The summed E-state index contributed by atoms with van der Waals surface area (Å²) in [4.78, 5) is 27.4. The Morgan fingerprint density at radius 2 is 1.04 bits per heavy atom. The van der Waals surface area contributed by atoms with Crippen molar-refractivity contribution in [2.45, 2.75) is 116 Å². The van der Waals surface area contributed by atoms with Crippen LogP contribution in [0.2, 0.25) is 0 Å². The Labute approximate surface area is 284 Å². The number of hydrogen-bond acceptors (Lipinski definition) is 6. The number of carbonyl (C=O) groups is 2. The van der Waals surface area contributed by atoms with Crippen molar-refractivity contribution in [2.24, 2.45) is 0 Å². The molecule has 0 bridgehead atoms. The molecule has 0 N–H and O–H groups in total. The van der Waals surface area contributed by atoms with Gasteiger partial charge in [-0.05, 0) is 122 Å². The molecule has 0 radical (unpaired) electrons. The van der Waals surface area contributed by atoms with Gasteiger partial charge in [-0.1, -0.05) is 52.3 Å². The predicted molar refractivity (Wildman–Crippen MR) is 187 cm³/mol. The number of hydrogen-bond donors (Lipinski definition) is 0.